The maximum atomic E-state index is 11.1. The molecule has 0 unspecified atom stereocenters. The number of esters is 1. The molecule has 1 heterocycles. The number of aromatic nitrogens is 3. The van der Waals surface area contributed by atoms with E-state index in [9.17, 15) is 14.4 Å². The molecule has 0 fully saturated rings. The van der Waals surface area contributed by atoms with Crippen LogP contribution in [0.25, 0.3) is 0 Å². The van der Waals surface area contributed by atoms with E-state index >= 15 is 0 Å². The molecule has 0 amide bonds. The Kier molecular flexibility index (Phi) is 4.19. The Hall–Kier alpha value is -2.18. The maximum Gasteiger partial charge on any atom is 0.345 e. The molecule has 7 nitrogen and oxygen atoms in total. The van der Waals surface area contributed by atoms with E-state index in [-0.39, 0.29) is 19.1 Å². The summed E-state index contributed by atoms with van der Waals surface area (Å²) in [7, 11) is 0. The van der Waals surface area contributed by atoms with E-state index < -0.39 is 11.2 Å². The summed E-state index contributed by atoms with van der Waals surface area (Å²) < 4.78 is 5.71. The van der Waals surface area contributed by atoms with Crippen LogP contribution in [0.4, 0.5) is 0 Å². The molecule has 0 aromatic carbocycles. The molecule has 0 aliphatic carbocycles. The number of nitrogens with zero attached hydrogens (tertiary/aromatic N) is 2. The van der Waals surface area contributed by atoms with E-state index in [2.05, 4.69) is 14.8 Å². The molecule has 16 heavy (non-hydrogen) atoms. The van der Waals surface area contributed by atoms with Crippen molar-refractivity contribution >= 4 is 5.97 Å². The Balaban J connectivity index is 2.52. The van der Waals surface area contributed by atoms with E-state index in [1.165, 1.54) is 6.92 Å². The number of carbonyl (C=O) groups is 1. The van der Waals surface area contributed by atoms with E-state index in [0.29, 0.717) is 0 Å². The zero-order valence-electron chi connectivity index (χ0n) is 8.67. The molecule has 0 saturated carbocycles. The van der Waals surface area contributed by atoms with E-state index in [1.54, 1.807) is 12.2 Å². The lowest BCUT2D eigenvalue weighted by molar-refractivity contribution is -0.139. The van der Waals surface area contributed by atoms with Crippen molar-refractivity contribution in [1.29, 1.82) is 0 Å². The number of H-pyrrole nitrogens is 1. The third-order valence-corrected chi connectivity index (χ3v) is 1.61. The summed E-state index contributed by atoms with van der Waals surface area (Å²) in [6.07, 6.45) is 4.21. The van der Waals surface area contributed by atoms with Gasteiger partial charge < -0.3 is 4.74 Å². The van der Waals surface area contributed by atoms with Gasteiger partial charge in [0.1, 0.15) is 12.8 Å². The number of allylic oxidation sites excluding steroid dienone is 1. The molecule has 0 bridgehead atoms. The monoisotopic (exact) mass is 225 g/mol. The molecule has 1 aromatic rings. The number of rotatable bonds is 4. The third kappa shape index (κ3) is 3.91. The maximum absolute atomic E-state index is 11.1. The Labute approximate surface area is 90.4 Å². The molecule has 0 saturated heterocycles. The summed E-state index contributed by atoms with van der Waals surface area (Å²) in [5, 5.41) is 3.61. The molecule has 1 N–H and O–H groups in total. The highest BCUT2D eigenvalue weighted by atomic mass is 16.5. The van der Waals surface area contributed by atoms with Crippen LogP contribution >= 0.6 is 0 Å². The second-order valence-electron chi connectivity index (χ2n) is 2.90. The molecule has 0 radical (unpaired) electrons. The van der Waals surface area contributed by atoms with Crippen LogP contribution in [0.15, 0.2) is 27.9 Å². The first-order valence-corrected chi connectivity index (χ1v) is 4.54. The van der Waals surface area contributed by atoms with Crippen molar-refractivity contribution in [3.05, 3.63) is 39.2 Å². The Morgan fingerprint density at radius 1 is 1.56 bits per heavy atom. The highest BCUT2D eigenvalue weighted by molar-refractivity contribution is 5.65. The fraction of sp³-hybridized carbons (Fsp3) is 0.333. The predicted molar refractivity (Wildman–Crippen MR) is 54.9 cm³/mol. The molecular weight excluding hydrogens is 214 g/mol. The van der Waals surface area contributed by atoms with Crippen LogP contribution in [-0.4, -0.2) is 27.3 Å². The van der Waals surface area contributed by atoms with Gasteiger partial charge in [0.15, 0.2) is 0 Å². The largest absolute Gasteiger partial charge is 0.462 e. The van der Waals surface area contributed by atoms with Crippen LogP contribution in [0.3, 0.4) is 0 Å². The zero-order chi connectivity index (χ0) is 12.0. The number of ether oxygens (including phenoxy) is 1. The van der Waals surface area contributed by atoms with Gasteiger partial charge in [-0.1, -0.05) is 6.08 Å². The fourth-order valence-corrected chi connectivity index (χ4v) is 0.915. The SMILES string of the molecule is CC(=O)OC/C=C\Cn1ncc(=O)[nH]c1=O. The first kappa shape index (κ1) is 11.9. The minimum atomic E-state index is -0.579. The second-order valence-corrected chi connectivity index (χ2v) is 2.90. The normalized spacial score (nSPS) is 10.6. The summed E-state index contributed by atoms with van der Waals surface area (Å²) in [6.45, 7) is 1.66. The van der Waals surface area contributed by atoms with E-state index in [1.807, 2.05) is 0 Å². The van der Waals surface area contributed by atoms with Crippen LogP contribution in [0.2, 0.25) is 0 Å². The lowest BCUT2D eigenvalue weighted by Gasteiger charge is -1.98. The van der Waals surface area contributed by atoms with Crippen molar-refractivity contribution in [2.24, 2.45) is 0 Å². The molecule has 1 rings (SSSR count). The Morgan fingerprint density at radius 2 is 2.31 bits per heavy atom. The molecule has 0 aliphatic heterocycles. The molecule has 1 aromatic heterocycles. The number of nitrogens with one attached hydrogen (secondary N) is 1. The zero-order valence-corrected chi connectivity index (χ0v) is 8.67. The smallest absolute Gasteiger partial charge is 0.345 e. The van der Waals surface area contributed by atoms with Gasteiger partial charge in [0, 0.05) is 6.92 Å². The van der Waals surface area contributed by atoms with Crippen LogP contribution in [0.5, 0.6) is 0 Å². The summed E-state index contributed by atoms with van der Waals surface area (Å²) in [5.74, 6) is -0.371. The Bertz CT molecular complexity index is 500. The van der Waals surface area contributed by atoms with Gasteiger partial charge in [0.05, 0.1) is 6.54 Å². The third-order valence-electron chi connectivity index (χ3n) is 1.61. The van der Waals surface area contributed by atoms with Gasteiger partial charge in [0.25, 0.3) is 5.56 Å². The van der Waals surface area contributed by atoms with Gasteiger partial charge in [-0.25, -0.2) is 9.48 Å². The summed E-state index contributed by atoms with van der Waals surface area (Å²) >= 11 is 0. The van der Waals surface area contributed by atoms with Gasteiger partial charge in [-0.15, -0.1) is 0 Å². The van der Waals surface area contributed by atoms with Gasteiger partial charge in [-0.2, -0.15) is 5.10 Å². The lowest BCUT2D eigenvalue weighted by Crippen LogP contribution is -2.31. The highest BCUT2D eigenvalue weighted by Crippen LogP contribution is 1.81. The number of carbonyl (C=O) groups excluding carboxylic acids is 1. The molecule has 86 valence electrons. The van der Waals surface area contributed by atoms with Crippen molar-refractivity contribution in [3.63, 3.8) is 0 Å². The minimum absolute atomic E-state index is 0.146. The second kappa shape index (κ2) is 5.64. The number of hydrogen-bond acceptors (Lipinski definition) is 5. The summed E-state index contributed by atoms with van der Waals surface area (Å²) in [6, 6.07) is 0. The minimum Gasteiger partial charge on any atom is -0.462 e. The van der Waals surface area contributed by atoms with Gasteiger partial charge in [0.2, 0.25) is 0 Å². The molecule has 7 heteroatoms. The fourth-order valence-electron chi connectivity index (χ4n) is 0.915. The van der Waals surface area contributed by atoms with Crippen LogP contribution in [-0.2, 0) is 16.1 Å². The van der Waals surface area contributed by atoms with Crippen LogP contribution in [0, 0.1) is 0 Å². The van der Waals surface area contributed by atoms with E-state index in [4.69, 9.17) is 0 Å². The highest BCUT2D eigenvalue weighted by Gasteiger charge is 1.94. The van der Waals surface area contributed by atoms with Gasteiger partial charge in [-0.3, -0.25) is 14.6 Å². The molecule has 0 aliphatic rings. The first-order chi connectivity index (χ1) is 7.59. The topological polar surface area (TPSA) is 94.1 Å². The molecule has 0 atom stereocenters. The summed E-state index contributed by atoms with van der Waals surface area (Å²) in [5.41, 5.74) is -1.12. The number of hydrogen-bond donors (Lipinski definition) is 1. The average molecular weight is 225 g/mol. The Morgan fingerprint density at radius 3 is 2.94 bits per heavy atom. The van der Waals surface area contributed by atoms with Gasteiger partial charge >= 0.3 is 11.7 Å². The standard InChI is InChI=1S/C9H11N3O4/c1-7(13)16-5-3-2-4-12-9(15)11-8(14)6-10-12/h2-3,6H,4-5H2,1H3,(H,11,14,15)/b3-2-. The first-order valence-electron chi connectivity index (χ1n) is 4.54. The van der Waals surface area contributed by atoms with Crippen molar-refractivity contribution in [2.45, 2.75) is 13.5 Å². The van der Waals surface area contributed by atoms with Crippen molar-refractivity contribution in [1.82, 2.24) is 14.8 Å². The predicted octanol–water partition coefficient (Wildman–Crippen LogP) is -0.949. The number of aromatic amines is 1. The van der Waals surface area contributed by atoms with Crippen molar-refractivity contribution < 1.29 is 9.53 Å². The van der Waals surface area contributed by atoms with Crippen LogP contribution < -0.4 is 11.2 Å². The van der Waals surface area contributed by atoms with Crippen LogP contribution in [0.1, 0.15) is 6.92 Å². The summed E-state index contributed by atoms with van der Waals surface area (Å²) in [4.78, 5) is 34.3. The molecular formula is C9H11N3O4. The average Bonchev–Trinajstić information content (AvgIpc) is 2.20. The molecule has 0 spiro atoms. The van der Waals surface area contributed by atoms with E-state index in [0.717, 1.165) is 10.9 Å². The van der Waals surface area contributed by atoms with Gasteiger partial charge in [-0.05, 0) is 6.08 Å². The quantitative estimate of drug-likeness (QED) is 0.526. The lowest BCUT2D eigenvalue weighted by atomic mass is 10.5. The van der Waals surface area contributed by atoms with Crippen molar-refractivity contribution in [3.8, 4) is 0 Å². The van der Waals surface area contributed by atoms with Crippen molar-refractivity contribution in [2.75, 3.05) is 6.61 Å².